The summed E-state index contributed by atoms with van der Waals surface area (Å²) in [7, 11) is 1.62. The number of amides is 1. The number of primary amides is 1. The molecular formula is C19H24N6O3S. The Hall–Kier alpha value is -2.88. The van der Waals surface area contributed by atoms with Crippen LogP contribution in [0.4, 0.5) is 0 Å². The Morgan fingerprint density at radius 3 is 2.62 bits per heavy atom. The molecule has 0 atom stereocenters. The zero-order chi connectivity index (χ0) is 20.8. The number of methoxy groups -OCH3 is 1. The summed E-state index contributed by atoms with van der Waals surface area (Å²) in [6.07, 6.45) is 0.716. The number of thioether (sulfide) groups is 1. The molecule has 0 aliphatic rings. The molecule has 1 aromatic carbocycles. The highest BCUT2D eigenvalue weighted by atomic mass is 32.2. The lowest BCUT2D eigenvalue weighted by molar-refractivity contribution is -0.118. The lowest BCUT2D eigenvalue weighted by Crippen LogP contribution is -2.15. The number of rotatable bonds is 10. The summed E-state index contributed by atoms with van der Waals surface area (Å²) in [5.74, 6) is 2.99. The van der Waals surface area contributed by atoms with Crippen molar-refractivity contribution in [3.63, 3.8) is 0 Å². The van der Waals surface area contributed by atoms with Gasteiger partial charge in [0.15, 0.2) is 5.16 Å². The van der Waals surface area contributed by atoms with Crippen molar-refractivity contribution in [3.05, 3.63) is 36.0 Å². The Kier molecular flexibility index (Phi) is 6.86. The summed E-state index contributed by atoms with van der Waals surface area (Å²) in [6.45, 7) is 4.99. The highest BCUT2D eigenvalue weighted by molar-refractivity contribution is 7.98. The molecule has 0 saturated carbocycles. The first-order valence-corrected chi connectivity index (χ1v) is 10.2. The number of aromatic nitrogens is 5. The second-order valence-corrected chi connectivity index (χ2v) is 7.83. The molecule has 9 nitrogen and oxygen atoms in total. The molecule has 2 N–H and O–H groups in total. The molecule has 0 fully saturated rings. The molecule has 3 rings (SSSR count). The fraction of sp³-hybridized carbons (Fsp3) is 0.421. The lowest BCUT2D eigenvalue weighted by Gasteiger charge is -2.11. The van der Waals surface area contributed by atoms with E-state index in [4.69, 9.17) is 14.9 Å². The summed E-state index contributed by atoms with van der Waals surface area (Å²) in [6, 6.07) is 7.42. The molecule has 154 valence electrons. The monoisotopic (exact) mass is 416 g/mol. The van der Waals surface area contributed by atoms with Gasteiger partial charge >= 0.3 is 0 Å². The molecule has 0 aliphatic heterocycles. The van der Waals surface area contributed by atoms with Crippen molar-refractivity contribution in [3.8, 4) is 17.2 Å². The van der Waals surface area contributed by atoms with Crippen molar-refractivity contribution in [2.45, 2.75) is 44.1 Å². The van der Waals surface area contributed by atoms with E-state index >= 15 is 0 Å². The van der Waals surface area contributed by atoms with Crippen LogP contribution in [0.25, 0.3) is 11.5 Å². The highest BCUT2D eigenvalue weighted by Gasteiger charge is 2.16. The molecule has 0 unspecified atom stereocenters. The van der Waals surface area contributed by atoms with Crippen molar-refractivity contribution >= 4 is 17.7 Å². The quantitative estimate of drug-likeness (QED) is 0.501. The normalized spacial score (nSPS) is 11.2. The Bertz CT molecular complexity index is 951. The number of ether oxygens (including phenoxy) is 1. The van der Waals surface area contributed by atoms with Gasteiger partial charge in [-0.1, -0.05) is 25.6 Å². The highest BCUT2D eigenvalue weighted by Crippen LogP contribution is 2.26. The summed E-state index contributed by atoms with van der Waals surface area (Å²) in [4.78, 5) is 11.1. The van der Waals surface area contributed by atoms with Gasteiger partial charge in [-0.05, 0) is 30.2 Å². The minimum absolute atomic E-state index is 0.246. The fourth-order valence-electron chi connectivity index (χ4n) is 2.68. The topological polar surface area (TPSA) is 122 Å². The average Bonchev–Trinajstić information content (AvgIpc) is 3.31. The third-order valence-electron chi connectivity index (χ3n) is 4.06. The van der Waals surface area contributed by atoms with Crippen LogP contribution < -0.4 is 10.5 Å². The Morgan fingerprint density at radius 2 is 1.97 bits per heavy atom. The predicted molar refractivity (Wildman–Crippen MR) is 108 cm³/mol. The summed E-state index contributed by atoms with van der Waals surface area (Å²) in [5.41, 5.74) is 6.09. The van der Waals surface area contributed by atoms with Crippen LogP contribution in [0.15, 0.2) is 33.8 Å². The van der Waals surface area contributed by atoms with Crippen molar-refractivity contribution < 1.29 is 13.9 Å². The summed E-state index contributed by atoms with van der Waals surface area (Å²) >= 11 is 1.47. The minimum Gasteiger partial charge on any atom is -0.497 e. The molecule has 0 aliphatic carbocycles. The fourth-order valence-corrected chi connectivity index (χ4v) is 3.49. The Balaban J connectivity index is 1.69. The van der Waals surface area contributed by atoms with Gasteiger partial charge in [0, 0.05) is 24.9 Å². The van der Waals surface area contributed by atoms with Crippen molar-refractivity contribution in [2.24, 2.45) is 11.7 Å². The van der Waals surface area contributed by atoms with Gasteiger partial charge in [-0.15, -0.1) is 20.4 Å². The van der Waals surface area contributed by atoms with Crippen molar-refractivity contribution in [1.29, 1.82) is 0 Å². The van der Waals surface area contributed by atoms with E-state index in [0.29, 0.717) is 29.9 Å². The van der Waals surface area contributed by atoms with Gasteiger partial charge in [-0.25, -0.2) is 0 Å². The molecule has 0 radical (unpaired) electrons. The summed E-state index contributed by atoms with van der Waals surface area (Å²) in [5, 5.41) is 17.5. The van der Waals surface area contributed by atoms with Crippen LogP contribution in [0.3, 0.4) is 0 Å². The third kappa shape index (κ3) is 5.57. The molecule has 0 spiro atoms. The molecule has 3 aromatic rings. The van der Waals surface area contributed by atoms with Gasteiger partial charge in [-0.2, -0.15) is 0 Å². The first-order valence-electron chi connectivity index (χ1n) is 9.26. The van der Waals surface area contributed by atoms with Crippen LogP contribution in [-0.2, 0) is 23.5 Å². The molecule has 2 aromatic heterocycles. The summed E-state index contributed by atoms with van der Waals surface area (Å²) < 4.78 is 13.0. The van der Waals surface area contributed by atoms with E-state index in [1.54, 1.807) is 7.11 Å². The largest absolute Gasteiger partial charge is 0.497 e. The maximum atomic E-state index is 11.1. The van der Waals surface area contributed by atoms with Crippen LogP contribution in [0.5, 0.6) is 5.75 Å². The third-order valence-corrected chi connectivity index (χ3v) is 5.02. The number of hydrogen-bond donors (Lipinski definition) is 1. The average molecular weight is 417 g/mol. The van der Waals surface area contributed by atoms with E-state index in [2.05, 4.69) is 34.2 Å². The van der Waals surface area contributed by atoms with Gasteiger partial charge in [-0.3, -0.25) is 4.79 Å². The Morgan fingerprint density at radius 1 is 1.21 bits per heavy atom. The van der Waals surface area contributed by atoms with E-state index in [0.717, 1.165) is 28.8 Å². The molecule has 0 saturated heterocycles. The van der Waals surface area contributed by atoms with Crippen LogP contribution in [0.2, 0.25) is 0 Å². The molecule has 29 heavy (non-hydrogen) atoms. The zero-order valence-electron chi connectivity index (χ0n) is 16.7. The number of nitrogens with zero attached hydrogens (tertiary/aromatic N) is 5. The number of carbonyl (C=O) groups is 1. The first kappa shape index (κ1) is 20.8. The lowest BCUT2D eigenvalue weighted by atomic mass is 10.2. The van der Waals surface area contributed by atoms with Crippen molar-refractivity contribution in [2.75, 3.05) is 7.11 Å². The second kappa shape index (κ2) is 9.55. The molecule has 10 heteroatoms. The smallest absolute Gasteiger partial charge is 0.247 e. The van der Waals surface area contributed by atoms with Gasteiger partial charge in [0.2, 0.25) is 17.7 Å². The molecule has 2 heterocycles. The SMILES string of the molecule is COc1ccc(-c2nnc(CSc3nnc(CCC(N)=O)n3CC(C)C)o2)cc1. The minimum atomic E-state index is -0.352. The van der Waals surface area contributed by atoms with E-state index in [-0.39, 0.29) is 12.3 Å². The number of hydrogen-bond acceptors (Lipinski definition) is 8. The van der Waals surface area contributed by atoms with Crippen LogP contribution >= 0.6 is 11.8 Å². The number of nitrogens with two attached hydrogens (primary N) is 1. The number of benzene rings is 1. The maximum Gasteiger partial charge on any atom is 0.247 e. The van der Waals surface area contributed by atoms with Gasteiger partial charge in [0.1, 0.15) is 11.6 Å². The predicted octanol–water partition coefficient (Wildman–Crippen LogP) is 2.70. The van der Waals surface area contributed by atoms with Gasteiger partial charge in [0.05, 0.1) is 12.9 Å². The van der Waals surface area contributed by atoms with Gasteiger partial charge in [0.25, 0.3) is 0 Å². The van der Waals surface area contributed by atoms with Crippen LogP contribution in [0, 0.1) is 5.92 Å². The van der Waals surface area contributed by atoms with Crippen molar-refractivity contribution in [1.82, 2.24) is 25.0 Å². The molecular weight excluding hydrogens is 392 g/mol. The van der Waals surface area contributed by atoms with Crippen LogP contribution in [-0.4, -0.2) is 38.0 Å². The number of carbonyl (C=O) groups excluding carboxylic acids is 1. The standard InChI is InChI=1S/C19H24N6O3S/c1-12(2)10-25-16(9-8-15(20)26)21-24-19(25)29-11-17-22-23-18(28-17)13-4-6-14(27-3)7-5-13/h4-7,12H,8-11H2,1-3H3,(H2,20,26). The van der Waals surface area contributed by atoms with Crippen LogP contribution in [0.1, 0.15) is 32.0 Å². The Labute approximate surface area is 173 Å². The second-order valence-electron chi connectivity index (χ2n) is 6.89. The molecule has 1 amide bonds. The first-order chi connectivity index (χ1) is 14.0. The van der Waals surface area contributed by atoms with E-state index in [9.17, 15) is 4.79 Å². The number of aryl methyl sites for hydroxylation is 1. The van der Waals surface area contributed by atoms with E-state index in [1.807, 2.05) is 28.8 Å². The van der Waals surface area contributed by atoms with E-state index in [1.165, 1.54) is 11.8 Å². The maximum absolute atomic E-state index is 11.1. The van der Waals surface area contributed by atoms with E-state index < -0.39 is 0 Å². The molecule has 0 bridgehead atoms. The zero-order valence-corrected chi connectivity index (χ0v) is 17.5. The van der Waals surface area contributed by atoms with Gasteiger partial charge < -0.3 is 19.5 Å².